The van der Waals surface area contributed by atoms with Crippen LogP contribution in [0.5, 0.6) is 0 Å². The van der Waals surface area contributed by atoms with Gasteiger partial charge in [0.05, 0.1) is 18.3 Å². The SMILES string of the molecule is NC(CO)c1nc(-c2ccc(Cl)cc2)cs1. The molecule has 0 radical (unpaired) electrons. The lowest BCUT2D eigenvalue weighted by atomic mass is 10.2. The Labute approximate surface area is 103 Å². The van der Waals surface area contributed by atoms with Crippen molar-refractivity contribution in [3.63, 3.8) is 0 Å². The summed E-state index contributed by atoms with van der Waals surface area (Å²) in [5.74, 6) is 0. The zero-order valence-electron chi connectivity index (χ0n) is 8.43. The molecule has 0 aliphatic carbocycles. The summed E-state index contributed by atoms with van der Waals surface area (Å²) >= 11 is 7.26. The lowest BCUT2D eigenvalue weighted by Gasteiger charge is -2.02. The summed E-state index contributed by atoms with van der Waals surface area (Å²) in [7, 11) is 0. The van der Waals surface area contributed by atoms with Crippen molar-refractivity contribution in [3.8, 4) is 11.3 Å². The molecular formula is C11H11ClN2OS. The Bertz CT molecular complexity index is 469. The van der Waals surface area contributed by atoms with Gasteiger partial charge in [0.2, 0.25) is 0 Å². The largest absolute Gasteiger partial charge is 0.394 e. The van der Waals surface area contributed by atoms with Gasteiger partial charge in [-0.05, 0) is 12.1 Å². The van der Waals surface area contributed by atoms with Crippen molar-refractivity contribution in [2.24, 2.45) is 5.73 Å². The van der Waals surface area contributed by atoms with E-state index >= 15 is 0 Å². The van der Waals surface area contributed by atoms with Gasteiger partial charge < -0.3 is 10.8 Å². The minimum absolute atomic E-state index is 0.0897. The predicted molar refractivity (Wildman–Crippen MR) is 66.6 cm³/mol. The average molecular weight is 255 g/mol. The quantitative estimate of drug-likeness (QED) is 0.885. The number of hydrogen-bond acceptors (Lipinski definition) is 4. The van der Waals surface area contributed by atoms with E-state index < -0.39 is 6.04 Å². The van der Waals surface area contributed by atoms with E-state index in [2.05, 4.69) is 4.98 Å². The number of aromatic nitrogens is 1. The second kappa shape index (κ2) is 4.93. The molecule has 0 aliphatic heterocycles. The molecule has 0 aliphatic rings. The summed E-state index contributed by atoms with van der Waals surface area (Å²) in [6, 6.07) is 7.06. The molecule has 5 heteroatoms. The average Bonchev–Trinajstić information content (AvgIpc) is 2.78. The van der Waals surface area contributed by atoms with Gasteiger partial charge in [-0.25, -0.2) is 4.98 Å². The smallest absolute Gasteiger partial charge is 0.112 e. The molecule has 1 aromatic carbocycles. The van der Waals surface area contributed by atoms with E-state index in [0.29, 0.717) is 5.02 Å². The lowest BCUT2D eigenvalue weighted by Crippen LogP contribution is -2.13. The predicted octanol–water partition coefficient (Wildman–Crippen LogP) is 2.46. The van der Waals surface area contributed by atoms with Gasteiger partial charge in [0, 0.05) is 16.0 Å². The third kappa shape index (κ3) is 2.41. The number of aliphatic hydroxyl groups excluding tert-OH is 1. The molecule has 16 heavy (non-hydrogen) atoms. The maximum Gasteiger partial charge on any atom is 0.112 e. The molecule has 0 fully saturated rings. The van der Waals surface area contributed by atoms with Crippen molar-refractivity contribution in [1.29, 1.82) is 0 Å². The monoisotopic (exact) mass is 254 g/mol. The Morgan fingerprint density at radius 2 is 2.06 bits per heavy atom. The highest BCUT2D eigenvalue weighted by Gasteiger charge is 2.10. The van der Waals surface area contributed by atoms with E-state index in [1.54, 1.807) is 0 Å². The summed E-state index contributed by atoms with van der Waals surface area (Å²) in [6.07, 6.45) is 0. The van der Waals surface area contributed by atoms with Gasteiger partial charge in [-0.2, -0.15) is 0 Å². The van der Waals surface area contributed by atoms with Crippen LogP contribution in [0, 0.1) is 0 Å². The highest BCUT2D eigenvalue weighted by molar-refractivity contribution is 7.10. The van der Waals surface area contributed by atoms with Gasteiger partial charge in [-0.1, -0.05) is 23.7 Å². The first-order valence-corrected chi connectivity index (χ1v) is 6.04. The van der Waals surface area contributed by atoms with Gasteiger partial charge in [0.25, 0.3) is 0 Å². The fraction of sp³-hybridized carbons (Fsp3) is 0.182. The maximum atomic E-state index is 8.93. The zero-order chi connectivity index (χ0) is 11.5. The highest BCUT2D eigenvalue weighted by atomic mass is 35.5. The molecule has 84 valence electrons. The van der Waals surface area contributed by atoms with Crippen LogP contribution < -0.4 is 5.73 Å². The van der Waals surface area contributed by atoms with E-state index in [9.17, 15) is 0 Å². The van der Waals surface area contributed by atoms with Crippen LogP contribution in [-0.2, 0) is 0 Å². The minimum atomic E-state index is -0.397. The van der Waals surface area contributed by atoms with Crippen LogP contribution in [0.15, 0.2) is 29.6 Å². The van der Waals surface area contributed by atoms with E-state index in [0.717, 1.165) is 16.3 Å². The van der Waals surface area contributed by atoms with E-state index in [4.69, 9.17) is 22.4 Å². The number of hydrogen-bond donors (Lipinski definition) is 2. The molecule has 1 aromatic heterocycles. The van der Waals surface area contributed by atoms with Crippen molar-refractivity contribution in [2.75, 3.05) is 6.61 Å². The molecule has 3 nitrogen and oxygen atoms in total. The number of halogens is 1. The third-order valence-electron chi connectivity index (χ3n) is 2.18. The Hall–Kier alpha value is -0.940. The number of thiazole rings is 1. The normalized spacial score (nSPS) is 12.7. The third-order valence-corrected chi connectivity index (χ3v) is 3.40. The highest BCUT2D eigenvalue weighted by Crippen LogP contribution is 2.25. The summed E-state index contributed by atoms with van der Waals surface area (Å²) in [5.41, 5.74) is 7.55. The van der Waals surface area contributed by atoms with Gasteiger partial charge >= 0.3 is 0 Å². The molecule has 0 bridgehead atoms. The number of benzene rings is 1. The van der Waals surface area contributed by atoms with Crippen LogP contribution in [0.25, 0.3) is 11.3 Å². The van der Waals surface area contributed by atoms with Crippen LogP contribution in [0.4, 0.5) is 0 Å². The summed E-state index contributed by atoms with van der Waals surface area (Å²) < 4.78 is 0. The topological polar surface area (TPSA) is 59.1 Å². The summed E-state index contributed by atoms with van der Waals surface area (Å²) in [4.78, 5) is 4.37. The van der Waals surface area contributed by atoms with Crippen molar-refractivity contribution in [3.05, 3.63) is 39.7 Å². The summed E-state index contributed by atoms with van der Waals surface area (Å²) in [6.45, 7) is -0.0897. The molecule has 1 atom stereocenters. The van der Waals surface area contributed by atoms with Gasteiger partial charge in [-0.15, -0.1) is 11.3 Å². The minimum Gasteiger partial charge on any atom is -0.394 e. The van der Waals surface area contributed by atoms with Crippen LogP contribution in [0.1, 0.15) is 11.0 Å². The van der Waals surface area contributed by atoms with E-state index in [1.807, 2.05) is 29.6 Å². The second-order valence-electron chi connectivity index (χ2n) is 3.37. The Morgan fingerprint density at radius 3 is 2.69 bits per heavy atom. The number of nitrogens with zero attached hydrogens (tertiary/aromatic N) is 1. The number of rotatable bonds is 3. The molecule has 0 amide bonds. The second-order valence-corrected chi connectivity index (χ2v) is 4.69. The molecule has 2 rings (SSSR count). The molecule has 2 aromatic rings. The van der Waals surface area contributed by atoms with Crippen LogP contribution in [0.2, 0.25) is 5.02 Å². The first-order chi connectivity index (χ1) is 7.70. The summed E-state index contributed by atoms with van der Waals surface area (Å²) in [5, 5.41) is 12.3. The van der Waals surface area contributed by atoms with Crippen LogP contribution in [0.3, 0.4) is 0 Å². The fourth-order valence-corrected chi connectivity index (χ4v) is 2.24. The Balaban J connectivity index is 2.28. The van der Waals surface area contributed by atoms with E-state index in [1.165, 1.54) is 11.3 Å². The van der Waals surface area contributed by atoms with Gasteiger partial charge in [0.1, 0.15) is 5.01 Å². The Kier molecular flexibility index (Phi) is 3.56. The van der Waals surface area contributed by atoms with Crippen LogP contribution in [-0.4, -0.2) is 16.7 Å². The van der Waals surface area contributed by atoms with Crippen molar-refractivity contribution in [2.45, 2.75) is 6.04 Å². The molecule has 1 unspecified atom stereocenters. The number of aliphatic hydroxyl groups is 1. The molecule has 1 heterocycles. The molecule has 3 N–H and O–H groups in total. The first-order valence-electron chi connectivity index (χ1n) is 4.78. The van der Waals surface area contributed by atoms with Gasteiger partial charge in [0.15, 0.2) is 0 Å². The fourth-order valence-electron chi connectivity index (χ4n) is 1.29. The Morgan fingerprint density at radius 1 is 1.38 bits per heavy atom. The van der Waals surface area contributed by atoms with E-state index in [-0.39, 0.29) is 6.61 Å². The first kappa shape index (κ1) is 11.5. The van der Waals surface area contributed by atoms with Crippen molar-refractivity contribution < 1.29 is 5.11 Å². The van der Waals surface area contributed by atoms with Gasteiger partial charge in [-0.3, -0.25) is 0 Å². The number of nitrogens with two attached hydrogens (primary N) is 1. The zero-order valence-corrected chi connectivity index (χ0v) is 10.0. The standard InChI is InChI=1S/C11H11ClN2OS/c12-8-3-1-7(2-4-8)10-6-16-11(14-10)9(13)5-15/h1-4,6,9,15H,5,13H2. The molecule has 0 saturated carbocycles. The molecule has 0 saturated heterocycles. The van der Waals surface area contributed by atoms with Crippen molar-refractivity contribution >= 4 is 22.9 Å². The maximum absolute atomic E-state index is 8.93. The lowest BCUT2D eigenvalue weighted by molar-refractivity contribution is 0.268. The van der Waals surface area contributed by atoms with Crippen LogP contribution >= 0.6 is 22.9 Å². The van der Waals surface area contributed by atoms with Crippen molar-refractivity contribution in [1.82, 2.24) is 4.98 Å². The molecular weight excluding hydrogens is 244 g/mol. The molecule has 0 spiro atoms.